The van der Waals surface area contributed by atoms with Crippen LogP contribution < -0.4 is 10.2 Å². The third kappa shape index (κ3) is 4.88. The molecule has 9 heteroatoms. The van der Waals surface area contributed by atoms with E-state index in [9.17, 15) is 4.79 Å². The molecule has 3 aromatic heterocycles. The Labute approximate surface area is 222 Å². The molecule has 1 amide bonds. The number of amides is 1. The fourth-order valence-electron chi connectivity index (χ4n) is 5.38. The van der Waals surface area contributed by atoms with Crippen LogP contribution in [0.15, 0.2) is 67.1 Å². The number of pyridine rings is 1. The number of aromatic nitrogens is 4. The summed E-state index contributed by atoms with van der Waals surface area (Å²) in [5.41, 5.74) is 3.45. The van der Waals surface area contributed by atoms with Gasteiger partial charge in [-0.3, -0.25) is 4.40 Å². The van der Waals surface area contributed by atoms with Crippen LogP contribution in [-0.4, -0.2) is 67.7 Å². The first-order chi connectivity index (χ1) is 18.3. The largest absolute Gasteiger partial charge is 0.444 e. The highest BCUT2D eigenvalue weighted by Gasteiger charge is 2.47. The zero-order valence-electron chi connectivity index (χ0n) is 22.0. The molecule has 2 aliphatic heterocycles. The average Bonchev–Trinajstić information content (AvgIpc) is 3.64. The number of likely N-dealkylation sites (tertiary alicyclic amines) is 1. The van der Waals surface area contributed by atoms with Crippen molar-refractivity contribution in [3.05, 3.63) is 72.7 Å². The molecule has 4 aromatic rings. The summed E-state index contributed by atoms with van der Waals surface area (Å²) in [6.07, 6.45) is 7.16. The van der Waals surface area contributed by atoms with Crippen molar-refractivity contribution in [3.63, 3.8) is 0 Å². The third-order valence-electron chi connectivity index (χ3n) is 7.11. The van der Waals surface area contributed by atoms with E-state index in [1.807, 2.05) is 66.7 Å². The predicted molar refractivity (Wildman–Crippen MR) is 147 cm³/mol. The van der Waals surface area contributed by atoms with Crippen LogP contribution in [0.2, 0.25) is 0 Å². The fraction of sp³-hybridized carbons (Fsp3) is 0.379. The summed E-state index contributed by atoms with van der Waals surface area (Å²) in [5, 5.41) is 3.44. The average molecular weight is 512 g/mol. The van der Waals surface area contributed by atoms with E-state index >= 15 is 0 Å². The molecule has 196 valence electrons. The van der Waals surface area contributed by atoms with Crippen LogP contribution in [0.4, 0.5) is 16.6 Å². The maximum atomic E-state index is 12.7. The Kier molecular flexibility index (Phi) is 6.13. The smallest absolute Gasteiger partial charge is 0.410 e. The number of hydrogen-bond acceptors (Lipinski definition) is 7. The van der Waals surface area contributed by atoms with Gasteiger partial charge >= 0.3 is 6.09 Å². The molecule has 2 aliphatic rings. The van der Waals surface area contributed by atoms with Gasteiger partial charge in [0.05, 0.1) is 17.8 Å². The van der Waals surface area contributed by atoms with E-state index in [4.69, 9.17) is 9.72 Å². The maximum Gasteiger partial charge on any atom is 0.410 e. The van der Waals surface area contributed by atoms with Crippen molar-refractivity contribution in [1.82, 2.24) is 24.3 Å². The number of piperazine rings is 1. The van der Waals surface area contributed by atoms with E-state index in [2.05, 4.69) is 44.5 Å². The van der Waals surface area contributed by atoms with Gasteiger partial charge in [-0.2, -0.15) is 0 Å². The first-order valence-electron chi connectivity index (χ1n) is 13.2. The number of nitrogens with zero attached hydrogens (tertiary/aromatic N) is 6. The maximum absolute atomic E-state index is 12.7. The summed E-state index contributed by atoms with van der Waals surface area (Å²) in [4.78, 5) is 31.1. The molecule has 2 saturated heterocycles. The Bertz CT molecular complexity index is 1450. The van der Waals surface area contributed by atoms with Crippen molar-refractivity contribution in [1.29, 1.82) is 0 Å². The molecule has 6 rings (SSSR count). The Hall–Kier alpha value is -4.14. The lowest BCUT2D eigenvalue weighted by Crippen LogP contribution is -2.50. The van der Waals surface area contributed by atoms with E-state index in [0.717, 1.165) is 54.6 Å². The number of benzene rings is 1. The molecule has 38 heavy (non-hydrogen) atoms. The number of rotatable bonds is 6. The molecule has 9 nitrogen and oxygen atoms in total. The van der Waals surface area contributed by atoms with Crippen molar-refractivity contribution in [2.24, 2.45) is 0 Å². The standard InChI is InChI=1S/C29H33N7O2/c1-29(2,3)38-28(37)36-19-22-16-23(36)18-35(22)27-33-24(17-26-32-13-14-34(26)27)21-10-12-31-25(15-21)30-11-9-20-7-5-4-6-8-20/h4-8,10,12-15,17,22-23H,9,11,16,18-19H2,1-3H3,(H,30,31). The van der Waals surface area contributed by atoms with Gasteiger partial charge < -0.3 is 19.9 Å². The monoisotopic (exact) mass is 511 g/mol. The number of carbonyl (C=O) groups excluding carboxylic acids is 1. The number of nitrogens with one attached hydrogen (secondary N) is 1. The van der Waals surface area contributed by atoms with Gasteiger partial charge in [0, 0.05) is 49.9 Å². The molecule has 2 bridgehead atoms. The zero-order chi connectivity index (χ0) is 26.3. The number of anilines is 2. The van der Waals surface area contributed by atoms with E-state index in [1.165, 1.54) is 5.56 Å². The van der Waals surface area contributed by atoms with Crippen molar-refractivity contribution in [2.45, 2.75) is 51.3 Å². The molecule has 0 saturated carbocycles. The van der Waals surface area contributed by atoms with Gasteiger partial charge in [-0.1, -0.05) is 30.3 Å². The summed E-state index contributed by atoms with van der Waals surface area (Å²) in [5.74, 6) is 1.67. The highest BCUT2D eigenvalue weighted by molar-refractivity contribution is 5.71. The summed E-state index contributed by atoms with van der Waals surface area (Å²) in [6, 6.07) is 16.7. The fourth-order valence-corrected chi connectivity index (χ4v) is 5.38. The van der Waals surface area contributed by atoms with E-state index in [0.29, 0.717) is 6.54 Å². The first kappa shape index (κ1) is 24.2. The molecule has 2 atom stereocenters. The van der Waals surface area contributed by atoms with Gasteiger partial charge in [0.15, 0.2) is 0 Å². The highest BCUT2D eigenvalue weighted by atomic mass is 16.6. The quantitative estimate of drug-likeness (QED) is 0.403. The van der Waals surface area contributed by atoms with Crippen LogP contribution in [0.25, 0.3) is 16.9 Å². The van der Waals surface area contributed by atoms with Crippen LogP contribution in [0.5, 0.6) is 0 Å². The van der Waals surface area contributed by atoms with Crippen LogP contribution in [-0.2, 0) is 11.2 Å². The van der Waals surface area contributed by atoms with Crippen LogP contribution in [0.3, 0.4) is 0 Å². The van der Waals surface area contributed by atoms with Gasteiger partial charge in [0.2, 0.25) is 5.95 Å². The Morgan fingerprint density at radius 3 is 2.66 bits per heavy atom. The molecule has 2 fully saturated rings. The molecule has 0 spiro atoms. The van der Waals surface area contributed by atoms with Crippen LogP contribution >= 0.6 is 0 Å². The van der Waals surface area contributed by atoms with Crippen LogP contribution in [0.1, 0.15) is 32.8 Å². The van der Waals surface area contributed by atoms with Gasteiger partial charge in [-0.05, 0) is 51.3 Å². The normalized spacial score (nSPS) is 18.8. The van der Waals surface area contributed by atoms with Gasteiger partial charge in [0.1, 0.15) is 17.1 Å². The summed E-state index contributed by atoms with van der Waals surface area (Å²) in [6.45, 7) is 7.85. The van der Waals surface area contributed by atoms with Crippen molar-refractivity contribution in [2.75, 3.05) is 29.9 Å². The Morgan fingerprint density at radius 2 is 1.89 bits per heavy atom. The lowest BCUT2D eigenvalue weighted by Gasteiger charge is -2.35. The van der Waals surface area contributed by atoms with E-state index in [-0.39, 0.29) is 18.2 Å². The molecule has 5 heterocycles. The van der Waals surface area contributed by atoms with Crippen molar-refractivity contribution >= 4 is 23.5 Å². The topological polar surface area (TPSA) is 87.9 Å². The molecule has 2 unspecified atom stereocenters. The molecular weight excluding hydrogens is 478 g/mol. The molecule has 1 N–H and O–H groups in total. The minimum atomic E-state index is -0.503. The molecular formula is C29H33N7O2. The Morgan fingerprint density at radius 1 is 1.05 bits per heavy atom. The second kappa shape index (κ2) is 9.63. The molecule has 0 radical (unpaired) electrons. The van der Waals surface area contributed by atoms with Gasteiger partial charge in [-0.15, -0.1) is 0 Å². The molecule has 1 aromatic carbocycles. The van der Waals surface area contributed by atoms with Gasteiger partial charge in [-0.25, -0.2) is 19.7 Å². The summed E-state index contributed by atoms with van der Waals surface area (Å²) in [7, 11) is 0. The zero-order valence-corrected chi connectivity index (χ0v) is 22.0. The number of hydrogen-bond donors (Lipinski definition) is 1. The van der Waals surface area contributed by atoms with E-state index < -0.39 is 5.60 Å². The highest BCUT2D eigenvalue weighted by Crippen LogP contribution is 2.36. The third-order valence-corrected chi connectivity index (χ3v) is 7.11. The number of carbonyl (C=O) groups is 1. The molecule has 0 aliphatic carbocycles. The summed E-state index contributed by atoms with van der Waals surface area (Å²) < 4.78 is 7.67. The minimum absolute atomic E-state index is 0.111. The second-order valence-corrected chi connectivity index (χ2v) is 11.0. The number of fused-ring (bicyclic) bond motifs is 3. The second-order valence-electron chi connectivity index (χ2n) is 11.0. The Balaban J connectivity index is 1.21. The lowest BCUT2D eigenvalue weighted by atomic mass is 10.1. The van der Waals surface area contributed by atoms with E-state index in [1.54, 1.807) is 6.20 Å². The number of ether oxygens (including phenoxy) is 1. The lowest BCUT2D eigenvalue weighted by molar-refractivity contribution is 0.0214. The van der Waals surface area contributed by atoms with Crippen LogP contribution in [0, 0.1) is 0 Å². The van der Waals surface area contributed by atoms with Crippen molar-refractivity contribution in [3.8, 4) is 11.3 Å². The first-order valence-corrected chi connectivity index (χ1v) is 13.2. The summed E-state index contributed by atoms with van der Waals surface area (Å²) >= 11 is 0. The van der Waals surface area contributed by atoms with Crippen molar-refractivity contribution < 1.29 is 9.53 Å². The predicted octanol–water partition coefficient (Wildman–Crippen LogP) is 4.64. The SMILES string of the molecule is CC(C)(C)OC(=O)N1CC2CC1CN2c1nc(-c2ccnc(NCCc3ccccc3)c2)cc2nccn12. The van der Waals surface area contributed by atoms with Gasteiger partial charge in [0.25, 0.3) is 0 Å². The minimum Gasteiger partial charge on any atom is -0.444 e. The number of imidazole rings is 1.